The SMILES string of the molecule is O=C(Cc1cccc(F)c1)N1CCC(N2CCNCC2)C1. The number of carbonyl (C=O) groups is 1. The van der Waals surface area contributed by atoms with Crippen molar-refractivity contribution in [2.24, 2.45) is 0 Å². The van der Waals surface area contributed by atoms with E-state index in [-0.39, 0.29) is 11.7 Å². The van der Waals surface area contributed by atoms with Crippen LogP contribution in [0.15, 0.2) is 24.3 Å². The molecule has 2 heterocycles. The highest BCUT2D eigenvalue weighted by Gasteiger charge is 2.30. The Morgan fingerprint density at radius 3 is 2.86 bits per heavy atom. The lowest BCUT2D eigenvalue weighted by atomic mass is 10.1. The zero-order valence-corrected chi connectivity index (χ0v) is 12.2. The highest BCUT2D eigenvalue weighted by molar-refractivity contribution is 5.79. The van der Waals surface area contributed by atoms with Crippen LogP contribution in [0.4, 0.5) is 4.39 Å². The van der Waals surface area contributed by atoms with Crippen LogP contribution < -0.4 is 5.32 Å². The molecule has 2 aliphatic heterocycles. The molecule has 0 aromatic heterocycles. The predicted octanol–water partition coefficient (Wildman–Crippen LogP) is 0.874. The van der Waals surface area contributed by atoms with Crippen molar-refractivity contribution in [2.45, 2.75) is 18.9 Å². The Kier molecular flexibility index (Phi) is 4.51. The van der Waals surface area contributed by atoms with Crippen LogP contribution in [-0.4, -0.2) is 61.0 Å². The molecule has 1 amide bonds. The Morgan fingerprint density at radius 1 is 1.29 bits per heavy atom. The van der Waals surface area contributed by atoms with E-state index in [0.29, 0.717) is 12.5 Å². The van der Waals surface area contributed by atoms with E-state index in [4.69, 9.17) is 0 Å². The van der Waals surface area contributed by atoms with Gasteiger partial charge in [-0.2, -0.15) is 0 Å². The molecule has 114 valence electrons. The Hall–Kier alpha value is -1.46. The molecular weight excluding hydrogens is 269 g/mol. The third-order valence-corrected chi connectivity index (χ3v) is 4.43. The zero-order chi connectivity index (χ0) is 14.7. The number of piperazine rings is 1. The molecule has 1 aromatic rings. The molecule has 0 bridgehead atoms. The zero-order valence-electron chi connectivity index (χ0n) is 12.2. The maximum absolute atomic E-state index is 13.2. The van der Waals surface area contributed by atoms with Gasteiger partial charge in [0.1, 0.15) is 5.82 Å². The van der Waals surface area contributed by atoms with E-state index in [0.717, 1.165) is 51.3 Å². The summed E-state index contributed by atoms with van der Waals surface area (Å²) in [7, 11) is 0. The molecule has 2 fully saturated rings. The van der Waals surface area contributed by atoms with Crippen molar-refractivity contribution >= 4 is 5.91 Å². The first-order valence-corrected chi connectivity index (χ1v) is 7.69. The minimum absolute atomic E-state index is 0.109. The fraction of sp³-hybridized carbons (Fsp3) is 0.562. The molecule has 2 saturated heterocycles. The first-order valence-electron chi connectivity index (χ1n) is 7.69. The molecule has 3 rings (SSSR count). The van der Waals surface area contributed by atoms with Gasteiger partial charge < -0.3 is 10.2 Å². The molecule has 0 radical (unpaired) electrons. The second-order valence-corrected chi connectivity index (χ2v) is 5.87. The Morgan fingerprint density at radius 2 is 2.10 bits per heavy atom. The van der Waals surface area contributed by atoms with Crippen molar-refractivity contribution in [1.29, 1.82) is 0 Å². The first kappa shape index (κ1) is 14.5. The van der Waals surface area contributed by atoms with E-state index in [1.54, 1.807) is 6.07 Å². The van der Waals surface area contributed by atoms with Gasteiger partial charge >= 0.3 is 0 Å². The van der Waals surface area contributed by atoms with E-state index in [1.165, 1.54) is 12.1 Å². The van der Waals surface area contributed by atoms with E-state index in [9.17, 15) is 9.18 Å². The number of nitrogens with one attached hydrogen (secondary N) is 1. The average molecular weight is 291 g/mol. The highest BCUT2D eigenvalue weighted by atomic mass is 19.1. The van der Waals surface area contributed by atoms with Crippen LogP contribution in [0.3, 0.4) is 0 Å². The van der Waals surface area contributed by atoms with Gasteiger partial charge in [-0.3, -0.25) is 9.69 Å². The molecule has 0 spiro atoms. The fourth-order valence-corrected chi connectivity index (χ4v) is 3.25. The topological polar surface area (TPSA) is 35.6 Å². The summed E-state index contributed by atoms with van der Waals surface area (Å²) in [6.45, 7) is 5.84. The highest BCUT2D eigenvalue weighted by Crippen LogP contribution is 2.17. The number of nitrogens with zero attached hydrogens (tertiary/aromatic N) is 2. The molecular formula is C16H22FN3O. The number of carbonyl (C=O) groups excluding carboxylic acids is 1. The summed E-state index contributed by atoms with van der Waals surface area (Å²) in [5, 5.41) is 3.35. The molecule has 1 unspecified atom stereocenters. The van der Waals surface area contributed by atoms with E-state index < -0.39 is 0 Å². The van der Waals surface area contributed by atoms with Crippen LogP contribution in [0.2, 0.25) is 0 Å². The fourth-order valence-electron chi connectivity index (χ4n) is 3.25. The molecule has 1 aromatic carbocycles. The smallest absolute Gasteiger partial charge is 0.227 e. The molecule has 1 N–H and O–H groups in total. The number of halogens is 1. The number of likely N-dealkylation sites (tertiary alicyclic amines) is 1. The summed E-state index contributed by atoms with van der Waals surface area (Å²) in [4.78, 5) is 16.7. The number of hydrogen-bond acceptors (Lipinski definition) is 3. The molecule has 4 nitrogen and oxygen atoms in total. The maximum Gasteiger partial charge on any atom is 0.227 e. The molecule has 1 atom stereocenters. The van der Waals surface area contributed by atoms with Crippen molar-refractivity contribution in [1.82, 2.24) is 15.1 Å². The molecule has 21 heavy (non-hydrogen) atoms. The lowest BCUT2D eigenvalue weighted by Crippen LogP contribution is -2.49. The standard InChI is InChI=1S/C16H22FN3O/c17-14-3-1-2-13(10-14)11-16(21)20-7-4-15(12-20)19-8-5-18-6-9-19/h1-3,10,15,18H,4-9,11-12H2. The van der Waals surface area contributed by atoms with Crippen LogP contribution in [0.25, 0.3) is 0 Å². The van der Waals surface area contributed by atoms with Crippen molar-refractivity contribution in [3.63, 3.8) is 0 Å². The van der Waals surface area contributed by atoms with E-state index >= 15 is 0 Å². The van der Waals surface area contributed by atoms with Gasteiger partial charge in [-0.15, -0.1) is 0 Å². The molecule has 0 saturated carbocycles. The summed E-state index contributed by atoms with van der Waals surface area (Å²) in [5.41, 5.74) is 0.755. The number of hydrogen-bond donors (Lipinski definition) is 1. The minimum atomic E-state index is -0.277. The molecule has 2 aliphatic rings. The number of rotatable bonds is 3. The van der Waals surface area contributed by atoms with Gasteiger partial charge in [-0.25, -0.2) is 4.39 Å². The molecule has 0 aliphatic carbocycles. The van der Waals surface area contributed by atoms with Crippen LogP contribution in [0.1, 0.15) is 12.0 Å². The van der Waals surface area contributed by atoms with E-state index in [1.807, 2.05) is 11.0 Å². The van der Waals surface area contributed by atoms with Gasteiger partial charge in [0.15, 0.2) is 0 Å². The largest absolute Gasteiger partial charge is 0.341 e. The second kappa shape index (κ2) is 6.54. The Balaban J connectivity index is 1.54. The van der Waals surface area contributed by atoms with Crippen molar-refractivity contribution in [3.05, 3.63) is 35.6 Å². The van der Waals surface area contributed by atoms with Gasteiger partial charge in [-0.05, 0) is 24.1 Å². The monoisotopic (exact) mass is 291 g/mol. The summed E-state index contributed by atoms with van der Waals surface area (Å²) in [6.07, 6.45) is 1.35. The van der Waals surface area contributed by atoms with Gasteiger partial charge in [0.2, 0.25) is 5.91 Å². The Labute approximate surface area is 124 Å². The van der Waals surface area contributed by atoms with Crippen molar-refractivity contribution in [2.75, 3.05) is 39.3 Å². The number of amides is 1. The number of benzene rings is 1. The first-order chi connectivity index (χ1) is 10.2. The predicted molar refractivity (Wildman–Crippen MR) is 79.5 cm³/mol. The quantitative estimate of drug-likeness (QED) is 0.898. The van der Waals surface area contributed by atoms with Crippen molar-refractivity contribution < 1.29 is 9.18 Å². The van der Waals surface area contributed by atoms with Crippen LogP contribution in [0, 0.1) is 5.82 Å². The van der Waals surface area contributed by atoms with Gasteiger partial charge in [0.25, 0.3) is 0 Å². The van der Waals surface area contributed by atoms with Crippen LogP contribution in [-0.2, 0) is 11.2 Å². The summed E-state index contributed by atoms with van der Waals surface area (Å²) >= 11 is 0. The van der Waals surface area contributed by atoms with E-state index in [2.05, 4.69) is 10.2 Å². The van der Waals surface area contributed by atoms with Crippen molar-refractivity contribution in [3.8, 4) is 0 Å². The normalized spacial score (nSPS) is 23.5. The van der Waals surface area contributed by atoms with Crippen LogP contribution >= 0.6 is 0 Å². The Bertz CT molecular complexity index is 502. The summed E-state index contributed by atoms with van der Waals surface area (Å²) in [5.74, 6) is -0.168. The van der Waals surface area contributed by atoms with Gasteiger partial charge in [0.05, 0.1) is 6.42 Å². The van der Waals surface area contributed by atoms with Gasteiger partial charge in [-0.1, -0.05) is 12.1 Å². The average Bonchev–Trinajstić information content (AvgIpc) is 2.98. The van der Waals surface area contributed by atoms with Gasteiger partial charge in [0, 0.05) is 45.3 Å². The summed E-state index contributed by atoms with van der Waals surface area (Å²) in [6, 6.07) is 6.81. The lowest BCUT2D eigenvalue weighted by molar-refractivity contribution is -0.129. The minimum Gasteiger partial charge on any atom is -0.341 e. The summed E-state index contributed by atoms with van der Waals surface area (Å²) < 4.78 is 13.2. The lowest BCUT2D eigenvalue weighted by Gasteiger charge is -2.32. The third-order valence-electron chi connectivity index (χ3n) is 4.43. The second-order valence-electron chi connectivity index (χ2n) is 5.87. The maximum atomic E-state index is 13.2. The third kappa shape index (κ3) is 3.60. The van der Waals surface area contributed by atoms with Crippen LogP contribution in [0.5, 0.6) is 0 Å². The molecule has 5 heteroatoms.